The van der Waals surface area contributed by atoms with Crippen molar-refractivity contribution in [3.8, 4) is 0 Å². The molecule has 0 aromatic heterocycles. The molecule has 0 aromatic carbocycles. The number of alkyl halides is 9. The van der Waals surface area contributed by atoms with Gasteiger partial charge in [0, 0.05) is 26.2 Å². The molecule has 1 fully saturated rings. The Hall–Kier alpha value is -2.30. The van der Waals surface area contributed by atoms with Crippen molar-refractivity contribution in [2.24, 2.45) is 0 Å². The third kappa shape index (κ3) is 23.7. The van der Waals surface area contributed by atoms with E-state index in [0.29, 0.717) is 0 Å². The Morgan fingerprint density at radius 2 is 0.630 bits per heavy atom. The highest BCUT2D eigenvalue weighted by atomic mass is 19.4. The van der Waals surface area contributed by atoms with Crippen LogP contribution in [0.4, 0.5) is 39.5 Å². The van der Waals surface area contributed by atoms with Crippen LogP contribution in [0.15, 0.2) is 0 Å². The number of hydrogen-bond acceptors (Lipinski definition) is 5. The van der Waals surface area contributed by atoms with Gasteiger partial charge in [0.1, 0.15) is 0 Å². The number of carbonyl (C=O) groups is 3. The molecule has 1 saturated heterocycles. The summed E-state index contributed by atoms with van der Waals surface area (Å²) in [5.74, 6) is -8.27. The van der Waals surface area contributed by atoms with Gasteiger partial charge in [-0.1, -0.05) is 0 Å². The molecule has 1 aliphatic rings. The van der Waals surface area contributed by atoms with E-state index in [-0.39, 0.29) is 0 Å². The van der Waals surface area contributed by atoms with Gasteiger partial charge in [-0.05, 0) is 0 Å². The summed E-state index contributed by atoms with van der Waals surface area (Å²) in [7, 11) is 0. The molecule has 0 bridgehead atoms. The summed E-state index contributed by atoms with van der Waals surface area (Å²) >= 11 is 0. The molecule has 8 nitrogen and oxygen atoms in total. The number of rotatable bonds is 0. The molecule has 27 heavy (non-hydrogen) atoms. The van der Waals surface area contributed by atoms with E-state index in [1.54, 1.807) is 0 Å². The van der Waals surface area contributed by atoms with Crippen LogP contribution < -0.4 is 10.6 Å². The molecule has 0 radical (unpaired) electrons. The van der Waals surface area contributed by atoms with Gasteiger partial charge in [0.2, 0.25) is 0 Å². The van der Waals surface area contributed by atoms with Crippen molar-refractivity contribution >= 4 is 17.9 Å². The van der Waals surface area contributed by atoms with E-state index in [9.17, 15) is 39.5 Å². The van der Waals surface area contributed by atoms with Crippen LogP contribution in [0.1, 0.15) is 0 Å². The van der Waals surface area contributed by atoms with Crippen LogP contribution >= 0.6 is 0 Å². The Labute approximate surface area is 143 Å². The summed E-state index contributed by atoms with van der Waals surface area (Å²) in [5.41, 5.74) is 0. The maximum atomic E-state index is 10.6. The second kappa shape index (κ2) is 13.0. The number of aliphatic carboxylic acids is 3. The van der Waals surface area contributed by atoms with E-state index in [1.165, 1.54) is 0 Å². The molecular weight excluding hydrogens is 415 g/mol. The molecule has 1 rings (SSSR count). The maximum Gasteiger partial charge on any atom is 0.490 e. The lowest BCUT2D eigenvalue weighted by molar-refractivity contribution is -0.193. The molecule has 0 unspecified atom stereocenters. The lowest BCUT2D eigenvalue weighted by Crippen LogP contribution is -2.39. The van der Waals surface area contributed by atoms with Crippen molar-refractivity contribution in [1.29, 1.82) is 0 Å². The molecule has 0 aliphatic carbocycles. The molecule has 1 aliphatic heterocycles. The van der Waals surface area contributed by atoms with Crippen molar-refractivity contribution in [3.05, 3.63) is 0 Å². The summed E-state index contributed by atoms with van der Waals surface area (Å²) < 4.78 is 95.2. The number of piperazine rings is 1. The molecule has 0 amide bonds. The smallest absolute Gasteiger partial charge is 0.475 e. The number of nitrogens with one attached hydrogen (secondary N) is 2. The van der Waals surface area contributed by atoms with Crippen molar-refractivity contribution in [3.63, 3.8) is 0 Å². The fourth-order valence-electron chi connectivity index (χ4n) is 0.604. The van der Waals surface area contributed by atoms with Crippen molar-refractivity contribution < 1.29 is 69.2 Å². The first kappa shape index (κ1) is 29.5. The minimum Gasteiger partial charge on any atom is -0.475 e. The van der Waals surface area contributed by atoms with Crippen molar-refractivity contribution in [1.82, 2.24) is 10.6 Å². The molecule has 1 heterocycles. The predicted molar refractivity (Wildman–Crippen MR) is 66.8 cm³/mol. The van der Waals surface area contributed by atoms with Crippen molar-refractivity contribution in [2.75, 3.05) is 26.2 Å². The summed E-state index contributed by atoms with van der Waals surface area (Å²) in [4.78, 5) is 26.7. The Bertz CT molecular complexity index is 389. The van der Waals surface area contributed by atoms with Crippen LogP contribution in [-0.2, 0) is 14.4 Å². The fourth-order valence-corrected chi connectivity index (χ4v) is 0.604. The van der Waals surface area contributed by atoms with Crippen molar-refractivity contribution in [2.45, 2.75) is 18.5 Å². The average molecular weight is 428 g/mol. The van der Waals surface area contributed by atoms with Crippen LogP contribution in [0.5, 0.6) is 0 Å². The first-order valence-corrected chi connectivity index (χ1v) is 6.15. The quantitative estimate of drug-likeness (QED) is 0.362. The zero-order chi connectivity index (χ0) is 22.5. The summed E-state index contributed by atoms with van der Waals surface area (Å²) in [6.45, 7) is 4.56. The zero-order valence-electron chi connectivity index (χ0n) is 12.8. The lowest BCUT2D eigenvalue weighted by Gasteiger charge is -2.11. The Morgan fingerprint density at radius 3 is 0.667 bits per heavy atom. The molecule has 162 valence electrons. The standard InChI is InChI=1S/C4H10N2.3C2HF3O2/c1-2-6-4-3-5-1;3*3-2(4,5)1(6)7/h5-6H,1-4H2;3*(H,6,7). The van der Waals surface area contributed by atoms with Gasteiger partial charge in [0.15, 0.2) is 0 Å². The van der Waals surface area contributed by atoms with Crippen LogP contribution in [0, 0.1) is 0 Å². The Balaban J connectivity index is -0.000000285. The first-order valence-electron chi connectivity index (χ1n) is 6.15. The normalized spacial score (nSPS) is 14.1. The van der Waals surface area contributed by atoms with Gasteiger partial charge in [0.25, 0.3) is 0 Å². The molecule has 0 spiro atoms. The lowest BCUT2D eigenvalue weighted by atomic mass is 10.4. The third-order valence-corrected chi connectivity index (χ3v) is 1.68. The van der Waals surface area contributed by atoms with Crippen LogP contribution in [0.3, 0.4) is 0 Å². The minimum absolute atomic E-state index is 1.14. The van der Waals surface area contributed by atoms with E-state index in [2.05, 4.69) is 10.6 Å². The predicted octanol–water partition coefficient (Wildman–Crippen LogP) is 1.08. The van der Waals surface area contributed by atoms with E-state index in [1.807, 2.05) is 0 Å². The number of carboxylic acid groups (broad SMARTS) is 3. The van der Waals surface area contributed by atoms with Gasteiger partial charge in [-0.2, -0.15) is 39.5 Å². The number of halogens is 9. The van der Waals surface area contributed by atoms with Gasteiger partial charge < -0.3 is 26.0 Å². The highest BCUT2D eigenvalue weighted by Crippen LogP contribution is 2.14. The second-order valence-corrected chi connectivity index (χ2v) is 3.91. The zero-order valence-corrected chi connectivity index (χ0v) is 12.8. The molecule has 0 saturated carbocycles. The van der Waals surface area contributed by atoms with Gasteiger partial charge in [-0.15, -0.1) is 0 Å². The summed E-state index contributed by atoms with van der Waals surface area (Å²) in [6.07, 6.45) is -15.3. The minimum atomic E-state index is -5.08. The molecule has 0 aromatic rings. The van der Waals surface area contributed by atoms with Gasteiger partial charge >= 0.3 is 36.4 Å². The first-order chi connectivity index (χ1) is 11.8. The highest BCUT2D eigenvalue weighted by Gasteiger charge is 2.39. The van der Waals surface area contributed by atoms with Gasteiger partial charge in [-0.25, -0.2) is 14.4 Å². The monoisotopic (exact) mass is 428 g/mol. The number of hydrogen-bond donors (Lipinski definition) is 5. The molecule has 17 heteroatoms. The largest absolute Gasteiger partial charge is 0.490 e. The van der Waals surface area contributed by atoms with Crippen LogP contribution in [-0.4, -0.2) is 77.9 Å². The number of carboxylic acids is 3. The van der Waals surface area contributed by atoms with E-state index < -0.39 is 36.4 Å². The second-order valence-electron chi connectivity index (χ2n) is 3.91. The third-order valence-electron chi connectivity index (χ3n) is 1.68. The average Bonchev–Trinajstić information content (AvgIpc) is 2.48. The molecule has 0 atom stereocenters. The topological polar surface area (TPSA) is 136 Å². The Kier molecular flexibility index (Phi) is 14.1. The van der Waals surface area contributed by atoms with Gasteiger partial charge in [-0.3, -0.25) is 0 Å². The molecule has 5 N–H and O–H groups in total. The van der Waals surface area contributed by atoms with E-state index in [0.717, 1.165) is 26.2 Å². The molecular formula is C10H13F9N2O6. The van der Waals surface area contributed by atoms with Crippen LogP contribution in [0.2, 0.25) is 0 Å². The maximum absolute atomic E-state index is 10.6. The van der Waals surface area contributed by atoms with E-state index in [4.69, 9.17) is 29.7 Å². The van der Waals surface area contributed by atoms with Crippen LogP contribution in [0.25, 0.3) is 0 Å². The fraction of sp³-hybridized carbons (Fsp3) is 0.700. The Morgan fingerprint density at radius 1 is 0.519 bits per heavy atom. The SMILES string of the molecule is C1CNCCN1.O=C(O)C(F)(F)F.O=C(O)C(F)(F)F.O=C(O)C(F)(F)F. The highest BCUT2D eigenvalue weighted by molar-refractivity contribution is 5.73. The summed E-state index contributed by atoms with van der Waals surface area (Å²) in [5, 5.41) is 27.8. The van der Waals surface area contributed by atoms with E-state index >= 15 is 0 Å². The summed E-state index contributed by atoms with van der Waals surface area (Å²) in [6, 6.07) is 0. The van der Waals surface area contributed by atoms with Gasteiger partial charge in [0.05, 0.1) is 0 Å².